The Bertz CT molecular complexity index is 610. The number of hydrogen-bond donors (Lipinski definition) is 2. The van der Waals surface area contributed by atoms with Crippen LogP contribution in [0.5, 0.6) is 5.75 Å². The summed E-state index contributed by atoms with van der Waals surface area (Å²) in [6, 6.07) is 9.63. The zero-order chi connectivity index (χ0) is 15.4. The van der Waals surface area contributed by atoms with Gasteiger partial charge in [-0.25, -0.2) is 0 Å². The molecular weight excluding hydrogens is 336 g/mol. The van der Waals surface area contributed by atoms with Crippen LogP contribution < -0.4 is 5.73 Å². The van der Waals surface area contributed by atoms with Gasteiger partial charge in [0.2, 0.25) is 5.91 Å². The summed E-state index contributed by atoms with van der Waals surface area (Å²) in [7, 11) is 1.69. The lowest BCUT2D eigenvalue weighted by Gasteiger charge is -2.20. The highest BCUT2D eigenvalue weighted by atomic mass is 79.9. The Morgan fingerprint density at radius 2 is 2.00 bits per heavy atom. The SMILES string of the molecule is CN(Cc1ccc(Br)o1)C(=O)C(N)Cc1ccc(O)cc1. The molecule has 2 aromatic rings. The van der Waals surface area contributed by atoms with Crippen molar-refractivity contribution in [2.75, 3.05) is 7.05 Å². The minimum atomic E-state index is -0.627. The first-order valence-corrected chi connectivity index (χ1v) is 7.27. The van der Waals surface area contributed by atoms with E-state index in [1.165, 1.54) is 4.90 Å². The van der Waals surface area contributed by atoms with Crippen molar-refractivity contribution in [2.24, 2.45) is 5.73 Å². The van der Waals surface area contributed by atoms with Crippen molar-refractivity contribution in [3.05, 3.63) is 52.4 Å². The second kappa shape index (κ2) is 6.78. The van der Waals surface area contributed by atoms with E-state index < -0.39 is 6.04 Å². The highest BCUT2D eigenvalue weighted by Crippen LogP contribution is 2.16. The Morgan fingerprint density at radius 3 is 2.57 bits per heavy atom. The van der Waals surface area contributed by atoms with Crippen LogP contribution in [0.4, 0.5) is 0 Å². The number of aromatic hydroxyl groups is 1. The maximum atomic E-state index is 12.2. The summed E-state index contributed by atoms with van der Waals surface area (Å²) in [5, 5.41) is 9.23. The zero-order valence-electron chi connectivity index (χ0n) is 11.6. The van der Waals surface area contributed by atoms with Crippen LogP contribution in [-0.2, 0) is 17.8 Å². The van der Waals surface area contributed by atoms with Crippen LogP contribution in [0, 0.1) is 0 Å². The van der Waals surface area contributed by atoms with Crippen LogP contribution in [0.3, 0.4) is 0 Å². The van der Waals surface area contributed by atoms with E-state index in [9.17, 15) is 9.90 Å². The highest BCUT2D eigenvalue weighted by molar-refractivity contribution is 9.10. The highest BCUT2D eigenvalue weighted by Gasteiger charge is 2.19. The molecule has 1 aromatic heterocycles. The quantitative estimate of drug-likeness (QED) is 0.864. The van der Waals surface area contributed by atoms with Crippen molar-refractivity contribution in [1.82, 2.24) is 4.90 Å². The number of likely N-dealkylation sites (N-methyl/N-ethyl adjacent to an activating group) is 1. The molecule has 1 amide bonds. The van der Waals surface area contributed by atoms with Crippen LogP contribution in [-0.4, -0.2) is 29.0 Å². The smallest absolute Gasteiger partial charge is 0.239 e. The van der Waals surface area contributed by atoms with E-state index in [0.29, 0.717) is 23.4 Å². The third-order valence-electron chi connectivity index (χ3n) is 3.11. The van der Waals surface area contributed by atoms with Gasteiger partial charge in [-0.05, 0) is 52.2 Å². The molecular formula is C15H17BrN2O3. The molecule has 0 aliphatic rings. The number of furan rings is 1. The van der Waals surface area contributed by atoms with E-state index in [1.807, 2.05) is 0 Å². The standard InChI is InChI=1S/C15H17BrN2O3/c1-18(9-12-6-7-14(16)21-12)15(20)13(17)8-10-2-4-11(19)5-3-10/h2-7,13,19H,8-9,17H2,1H3. The predicted molar refractivity (Wildman–Crippen MR) is 82.7 cm³/mol. The minimum absolute atomic E-state index is 0.157. The number of phenols is 1. The predicted octanol–water partition coefficient (Wildman–Crippen LogP) is 2.28. The van der Waals surface area contributed by atoms with Gasteiger partial charge in [-0.1, -0.05) is 12.1 Å². The topological polar surface area (TPSA) is 79.7 Å². The molecule has 21 heavy (non-hydrogen) atoms. The lowest BCUT2D eigenvalue weighted by molar-refractivity contribution is -0.132. The molecule has 0 bridgehead atoms. The molecule has 0 saturated carbocycles. The van der Waals surface area contributed by atoms with E-state index in [0.717, 1.165) is 5.56 Å². The molecule has 1 unspecified atom stereocenters. The molecule has 0 saturated heterocycles. The zero-order valence-corrected chi connectivity index (χ0v) is 13.2. The molecule has 1 heterocycles. The number of hydrogen-bond acceptors (Lipinski definition) is 4. The first-order chi connectivity index (χ1) is 9.95. The van der Waals surface area contributed by atoms with Crippen molar-refractivity contribution in [1.29, 1.82) is 0 Å². The normalized spacial score (nSPS) is 12.1. The number of halogens is 1. The van der Waals surface area contributed by atoms with E-state index in [4.69, 9.17) is 10.2 Å². The average molecular weight is 353 g/mol. The van der Waals surface area contributed by atoms with Gasteiger partial charge in [-0.3, -0.25) is 4.79 Å². The summed E-state index contributed by atoms with van der Waals surface area (Å²) in [5.74, 6) is 0.726. The van der Waals surface area contributed by atoms with Gasteiger partial charge >= 0.3 is 0 Å². The number of carbonyl (C=O) groups is 1. The largest absolute Gasteiger partial charge is 0.508 e. The maximum absolute atomic E-state index is 12.2. The van der Waals surface area contributed by atoms with Gasteiger partial charge in [-0.2, -0.15) is 0 Å². The summed E-state index contributed by atoms with van der Waals surface area (Å²) in [6.07, 6.45) is 0.422. The van der Waals surface area contributed by atoms with Gasteiger partial charge in [-0.15, -0.1) is 0 Å². The molecule has 0 radical (unpaired) electrons. The maximum Gasteiger partial charge on any atom is 0.239 e. The van der Waals surface area contributed by atoms with Gasteiger partial charge < -0.3 is 20.2 Å². The number of carbonyl (C=O) groups excluding carboxylic acids is 1. The van der Waals surface area contributed by atoms with Gasteiger partial charge in [0, 0.05) is 7.05 Å². The van der Waals surface area contributed by atoms with Crippen LogP contribution >= 0.6 is 15.9 Å². The van der Waals surface area contributed by atoms with Gasteiger partial charge in [0.05, 0.1) is 12.6 Å². The Labute approximate surface area is 131 Å². The first-order valence-electron chi connectivity index (χ1n) is 6.48. The van der Waals surface area contributed by atoms with E-state index in [2.05, 4.69) is 15.9 Å². The lowest BCUT2D eigenvalue weighted by atomic mass is 10.1. The average Bonchev–Trinajstić information content (AvgIpc) is 2.85. The number of amides is 1. The Kier molecular flexibility index (Phi) is 5.03. The summed E-state index contributed by atoms with van der Waals surface area (Å²) in [5.41, 5.74) is 6.86. The van der Waals surface area contributed by atoms with Crippen molar-refractivity contribution in [3.8, 4) is 5.75 Å². The van der Waals surface area contributed by atoms with Gasteiger partial charge in [0.15, 0.2) is 4.67 Å². The fourth-order valence-corrected chi connectivity index (χ4v) is 2.34. The number of nitrogens with zero attached hydrogens (tertiary/aromatic N) is 1. The first kappa shape index (κ1) is 15.6. The lowest BCUT2D eigenvalue weighted by Crippen LogP contribution is -2.42. The Morgan fingerprint density at radius 1 is 1.33 bits per heavy atom. The molecule has 5 nitrogen and oxygen atoms in total. The molecule has 0 spiro atoms. The fourth-order valence-electron chi connectivity index (χ4n) is 2.00. The monoisotopic (exact) mass is 352 g/mol. The van der Waals surface area contributed by atoms with E-state index in [1.54, 1.807) is 43.4 Å². The van der Waals surface area contributed by atoms with Crippen LogP contribution in [0.15, 0.2) is 45.5 Å². The van der Waals surface area contributed by atoms with Crippen LogP contribution in [0.1, 0.15) is 11.3 Å². The Balaban J connectivity index is 1.93. The molecule has 6 heteroatoms. The number of rotatable bonds is 5. The Hall–Kier alpha value is -1.79. The second-order valence-electron chi connectivity index (χ2n) is 4.88. The fraction of sp³-hybridized carbons (Fsp3) is 0.267. The summed E-state index contributed by atoms with van der Waals surface area (Å²) < 4.78 is 6.00. The van der Waals surface area contributed by atoms with Crippen molar-refractivity contribution in [2.45, 2.75) is 19.0 Å². The number of phenolic OH excluding ortho intramolecular Hbond substituents is 1. The van der Waals surface area contributed by atoms with Crippen molar-refractivity contribution in [3.63, 3.8) is 0 Å². The van der Waals surface area contributed by atoms with E-state index >= 15 is 0 Å². The van der Waals surface area contributed by atoms with Gasteiger partial charge in [0.1, 0.15) is 11.5 Å². The molecule has 112 valence electrons. The molecule has 3 N–H and O–H groups in total. The van der Waals surface area contributed by atoms with E-state index in [-0.39, 0.29) is 11.7 Å². The van der Waals surface area contributed by atoms with Crippen LogP contribution in [0.25, 0.3) is 0 Å². The molecule has 2 rings (SSSR count). The summed E-state index contributed by atoms with van der Waals surface area (Å²) in [6.45, 7) is 0.369. The molecule has 1 atom stereocenters. The molecule has 0 fully saturated rings. The third kappa shape index (κ3) is 4.34. The van der Waals surface area contributed by atoms with Crippen molar-refractivity contribution >= 4 is 21.8 Å². The minimum Gasteiger partial charge on any atom is -0.508 e. The summed E-state index contributed by atoms with van der Waals surface area (Å²) >= 11 is 3.22. The summed E-state index contributed by atoms with van der Waals surface area (Å²) in [4.78, 5) is 13.8. The molecule has 1 aromatic carbocycles. The second-order valence-corrected chi connectivity index (χ2v) is 5.66. The third-order valence-corrected chi connectivity index (χ3v) is 3.53. The number of benzene rings is 1. The van der Waals surface area contributed by atoms with Gasteiger partial charge in [0.25, 0.3) is 0 Å². The van der Waals surface area contributed by atoms with Crippen molar-refractivity contribution < 1.29 is 14.3 Å². The number of nitrogens with two attached hydrogens (primary N) is 1. The molecule has 0 aliphatic heterocycles. The van der Waals surface area contributed by atoms with Crippen LogP contribution in [0.2, 0.25) is 0 Å². The molecule has 0 aliphatic carbocycles.